The fraction of sp³-hybridized carbons (Fsp3) is 0.500. The van der Waals surface area contributed by atoms with Crippen LogP contribution < -0.4 is 10.6 Å². The number of nitrogens with two attached hydrogens (primary N) is 1. The molecule has 0 aromatic carbocycles. The number of hydrogen-bond acceptors (Lipinski definition) is 5. The van der Waals surface area contributed by atoms with E-state index >= 15 is 0 Å². The number of nitrogen functional groups attached to an aromatic ring is 1. The molecule has 6 heteroatoms. The summed E-state index contributed by atoms with van der Waals surface area (Å²) in [5, 5.41) is 0. The van der Waals surface area contributed by atoms with E-state index in [1.54, 1.807) is 19.2 Å². The number of halogens is 1. The lowest BCUT2D eigenvalue weighted by Gasteiger charge is -2.27. The number of nitrogens with zero attached hydrogens (tertiary/aromatic N) is 2. The van der Waals surface area contributed by atoms with E-state index in [1.807, 2.05) is 18.7 Å². The number of aromatic nitrogens is 1. The summed E-state index contributed by atoms with van der Waals surface area (Å²) < 4.78 is 5.72. The molecule has 1 aromatic heterocycles. The normalized spacial score (nSPS) is 10.5. The molecule has 2 N–H and O–H groups in total. The number of ether oxygens (including phenoxy) is 1. The van der Waals surface area contributed by atoms with Crippen molar-refractivity contribution >= 4 is 33.4 Å². The minimum atomic E-state index is -0.267. The van der Waals surface area contributed by atoms with Gasteiger partial charge in [-0.1, -0.05) is 0 Å². The Bertz CT molecular complexity index is 424. The summed E-state index contributed by atoms with van der Waals surface area (Å²) in [6, 6.07) is 1.89. The van der Waals surface area contributed by atoms with Gasteiger partial charge >= 0.3 is 5.97 Å². The Morgan fingerprint density at radius 3 is 2.78 bits per heavy atom. The second-order valence-corrected chi connectivity index (χ2v) is 4.96. The molecule has 0 unspecified atom stereocenters. The van der Waals surface area contributed by atoms with Crippen LogP contribution in [-0.4, -0.2) is 30.1 Å². The molecule has 0 spiro atoms. The smallest absolute Gasteiger partial charge is 0.325 e. The van der Waals surface area contributed by atoms with E-state index in [9.17, 15) is 4.79 Å². The van der Waals surface area contributed by atoms with Crippen LogP contribution in [0.3, 0.4) is 0 Å². The Hall–Kier alpha value is -1.30. The average molecular weight is 316 g/mol. The van der Waals surface area contributed by atoms with Crippen LogP contribution in [0.15, 0.2) is 16.7 Å². The minimum absolute atomic E-state index is 0.127. The van der Waals surface area contributed by atoms with E-state index in [1.165, 1.54) is 0 Å². The molecular weight excluding hydrogens is 298 g/mol. The maximum absolute atomic E-state index is 11.6. The zero-order chi connectivity index (χ0) is 13.7. The van der Waals surface area contributed by atoms with Gasteiger partial charge in [0.15, 0.2) is 0 Å². The predicted molar refractivity (Wildman–Crippen MR) is 75.5 cm³/mol. The molecule has 0 atom stereocenters. The Kier molecular flexibility index (Phi) is 5.40. The van der Waals surface area contributed by atoms with Crippen LogP contribution in [0, 0.1) is 0 Å². The van der Waals surface area contributed by atoms with Crippen molar-refractivity contribution in [3.05, 3.63) is 16.7 Å². The molecule has 18 heavy (non-hydrogen) atoms. The van der Waals surface area contributed by atoms with Crippen LogP contribution in [-0.2, 0) is 9.53 Å². The lowest BCUT2D eigenvalue weighted by atomic mass is 10.3. The third kappa shape index (κ3) is 3.87. The van der Waals surface area contributed by atoms with Gasteiger partial charge in [0.1, 0.15) is 12.4 Å². The van der Waals surface area contributed by atoms with Crippen molar-refractivity contribution in [3.63, 3.8) is 0 Å². The van der Waals surface area contributed by atoms with Crippen LogP contribution in [0.2, 0.25) is 0 Å². The van der Waals surface area contributed by atoms with E-state index in [-0.39, 0.29) is 18.6 Å². The second kappa shape index (κ2) is 6.58. The van der Waals surface area contributed by atoms with E-state index in [0.717, 1.165) is 4.47 Å². The molecule has 0 saturated heterocycles. The maximum atomic E-state index is 11.6. The largest absolute Gasteiger partial charge is 0.465 e. The molecule has 0 fully saturated rings. The second-order valence-electron chi connectivity index (χ2n) is 4.10. The number of carbonyl (C=O) groups excluding carboxylic acids is 1. The predicted octanol–water partition coefficient (Wildman–Crippen LogP) is 2.20. The first-order chi connectivity index (χ1) is 8.45. The van der Waals surface area contributed by atoms with E-state index in [2.05, 4.69) is 20.9 Å². The van der Waals surface area contributed by atoms with Crippen molar-refractivity contribution in [3.8, 4) is 0 Å². The molecule has 5 nitrogen and oxygen atoms in total. The van der Waals surface area contributed by atoms with Gasteiger partial charge in [-0.25, -0.2) is 4.98 Å². The standard InChI is InChI=1S/C12H18BrN3O2/c1-4-18-11(17)7-16(8(2)3)12-10(13)5-9(14)6-15-12/h5-6,8H,4,7,14H2,1-3H3. The number of hydrogen-bond donors (Lipinski definition) is 1. The highest BCUT2D eigenvalue weighted by Gasteiger charge is 2.19. The van der Waals surface area contributed by atoms with Gasteiger partial charge < -0.3 is 15.4 Å². The number of anilines is 2. The van der Waals surface area contributed by atoms with Gasteiger partial charge in [-0.3, -0.25) is 4.79 Å². The molecule has 0 saturated carbocycles. The van der Waals surface area contributed by atoms with Crippen molar-refractivity contribution in [1.82, 2.24) is 4.98 Å². The lowest BCUT2D eigenvalue weighted by Crippen LogP contribution is -2.37. The van der Waals surface area contributed by atoms with Crippen LogP contribution in [0.5, 0.6) is 0 Å². The van der Waals surface area contributed by atoms with Gasteiger partial charge in [0.25, 0.3) is 0 Å². The highest BCUT2D eigenvalue weighted by molar-refractivity contribution is 9.10. The SMILES string of the molecule is CCOC(=O)CN(c1ncc(N)cc1Br)C(C)C. The number of pyridine rings is 1. The highest BCUT2D eigenvalue weighted by Crippen LogP contribution is 2.26. The van der Waals surface area contributed by atoms with Crippen molar-refractivity contribution in [1.29, 1.82) is 0 Å². The lowest BCUT2D eigenvalue weighted by molar-refractivity contribution is -0.141. The monoisotopic (exact) mass is 315 g/mol. The molecule has 1 heterocycles. The fourth-order valence-electron chi connectivity index (χ4n) is 1.50. The van der Waals surface area contributed by atoms with Crippen molar-refractivity contribution in [2.24, 2.45) is 0 Å². The van der Waals surface area contributed by atoms with E-state index in [4.69, 9.17) is 10.5 Å². The number of esters is 1. The molecule has 100 valence electrons. The van der Waals surface area contributed by atoms with Crippen LogP contribution >= 0.6 is 15.9 Å². The summed E-state index contributed by atoms with van der Waals surface area (Å²) in [6.07, 6.45) is 1.57. The Labute approximate surface area is 115 Å². The minimum Gasteiger partial charge on any atom is -0.465 e. The number of carbonyl (C=O) groups is 1. The average Bonchev–Trinajstić information content (AvgIpc) is 2.27. The summed E-state index contributed by atoms with van der Waals surface area (Å²) in [7, 11) is 0. The summed E-state index contributed by atoms with van der Waals surface area (Å²) in [5.41, 5.74) is 6.22. The van der Waals surface area contributed by atoms with Gasteiger partial charge in [-0.15, -0.1) is 0 Å². The highest BCUT2D eigenvalue weighted by atomic mass is 79.9. The quantitative estimate of drug-likeness (QED) is 0.844. The van der Waals surface area contributed by atoms with Gasteiger partial charge in [0.05, 0.1) is 23.0 Å². The van der Waals surface area contributed by atoms with E-state index in [0.29, 0.717) is 18.1 Å². The van der Waals surface area contributed by atoms with Crippen LogP contribution in [0.25, 0.3) is 0 Å². The topological polar surface area (TPSA) is 68.5 Å². The van der Waals surface area contributed by atoms with Gasteiger partial charge in [-0.2, -0.15) is 0 Å². The first kappa shape index (κ1) is 14.8. The first-order valence-electron chi connectivity index (χ1n) is 5.79. The van der Waals surface area contributed by atoms with Crippen LogP contribution in [0.4, 0.5) is 11.5 Å². The van der Waals surface area contributed by atoms with E-state index < -0.39 is 0 Å². The molecule has 0 bridgehead atoms. The zero-order valence-corrected chi connectivity index (χ0v) is 12.4. The first-order valence-corrected chi connectivity index (χ1v) is 6.58. The fourth-order valence-corrected chi connectivity index (χ4v) is 2.10. The Morgan fingerprint density at radius 1 is 1.61 bits per heavy atom. The Morgan fingerprint density at radius 2 is 2.28 bits per heavy atom. The third-order valence-corrected chi connectivity index (χ3v) is 2.93. The summed E-state index contributed by atoms with van der Waals surface area (Å²) in [4.78, 5) is 17.7. The van der Waals surface area contributed by atoms with Gasteiger partial charge in [0.2, 0.25) is 0 Å². The molecule has 0 radical (unpaired) electrons. The third-order valence-electron chi connectivity index (χ3n) is 2.34. The molecule has 1 aromatic rings. The van der Waals surface area contributed by atoms with Gasteiger partial charge in [0, 0.05) is 6.04 Å². The van der Waals surface area contributed by atoms with Crippen molar-refractivity contribution in [2.45, 2.75) is 26.8 Å². The van der Waals surface area contributed by atoms with Crippen molar-refractivity contribution in [2.75, 3.05) is 23.8 Å². The summed E-state index contributed by atoms with van der Waals surface area (Å²) in [5.74, 6) is 0.420. The van der Waals surface area contributed by atoms with Gasteiger partial charge in [-0.05, 0) is 42.8 Å². The molecule has 0 aliphatic heterocycles. The summed E-state index contributed by atoms with van der Waals surface area (Å²) >= 11 is 3.41. The molecule has 0 aliphatic rings. The molecule has 1 rings (SSSR count). The molecule has 0 amide bonds. The van der Waals surface area contributed by atoms with Crippen LogP contribution in [0.1, 0.15) is 20.8 Å². The maximum Gasteiger partial charge on any atom is 0.325 e. The number of rotatable bonds is 5. The Balaban J connectivity index is 2.94. The molecule has 0 aliphatic carbocycles. The zero-order valence-electron chi connectivity index (χ0n) is 10.8. The van der Waals surface area contributed by atoms with Crippen molar-refractivity contribution < 1.29 is 9.53 Å². The summed E-state index contributed by atoms with van der Waals surface area (Å²) in [6.45, 7) is 6.31. The molecular formula is C12H18BrN3O2.